The van der Waals surface area contributed by atoms with E-state index in [1.165, 1.54) is 0 Å². The van der Waals surface area contributed by atoms with Crippen LogP contribution < -0.4 is 94.6 Å². The largest absolute Gasteiger partial charge is 0.370 e. The molecule has 0 aromatic carbocycles. The van der Waals surface area contributed by atoms with Crippen molar-refractivity contribution in [1.82, 2.24) is 37.2 Å². The summed E-state index contributed by atoms with van der Waals surface area (Å²) in [6.07, 6.45) is 2.82. The van der Waals surface area contributed by atoms with E-state index in [9.17, 15) is 38.4 Å². The van der Waals surface area contributed by atoms with Crippen molar-refractivity contribution < 1.29 is 38.4 Å². The van der Waals surface area contributed by atoms with Gasteiger partial charge in [-0.05, 0) is 75.0 Å². The van der Waals surface area contributed by atoms with Crippen LogP contribution in [-0.2, 0) is 38.4 Å². The fraction of sp³-hybridized carbons (Fsp3) is 0.750. The molecule has 0 rings (SSSR count). The van der Waals surface area contributed by atoms with E-state index in [1.54, 1.807) is 48.5 Å². The Bertz CT molecular complexity index is 2010. The molecule has 0 aromatic rings. The van der Waals surface area contributed by atoms with Crippen LogP contribution >= 0.6 is 0 Å². The molecule has 29 heteroatoms. The minimum absolute atomic E-state index is 0.0310. The Balaban J connectivity index is 7.04. The highest BCUT2D eigenvalue weighted by atomic mass is 16.2. The van der Waals surface area contributed by atoms with Gasteiger partial charge in [0.2, 0.25) is 47.3 Å². The standard InChI is InChI=1S/C48H95N21O8/c1-9-25(5)33(49)41(74)64-30(18-14-22-60-46(53)54)38(71)68-35(27(7)11-3)43(76)66-32(20-16-24-62-48(57)58)40(73)69-36(28(8)12-4)44(77)65-31(19-15-23-61-47(55)56)39(72)67-34(26(6)10-2)42(75)63-29(37(50)70)17-13-21-59-45(51)52/h25-36H,9-24,49H2,1-8H3,(H2,50,70)(H,63,75)(H,64,74)(H,65,77)(H,66,76)(H,67,72)(H,68,71)(H,69,73)(H4,51,52,59)(H4,53,54,60)(H4,55,56,61)(H4,57,58,62)/t25-,26-,27-,28-,29-,30-,31-,32-,33-,34-,35-,36-/m0/s1. The Morgan fingerprint density at radius 2 is 0.571 bits per heavy atom. The third-order valence-corrected chi connectivity index (χ3v) is 13.3. The lowest BCUT2D eigenvalue weighted by atomic mass is 9.95. The molecule has 29 nitrogen and oxygen atoms in total. The summed E-state index contributed by atoms with van der Waals surface area (Å²) in [4.78, 5) is 127. The number of hydrogen-bond donors (Lipinski definition) is 17. The molecule has 0 bridgehead atoms. The van der Waals surface area contributed by atoms with Crippen molar-refractivity contribution in [3.8, 4) is 0 Å². The van der Waals surface area contributed by atoms with Gasteiger partial charge in [0, 0.05) is 26.2 Å². The normalized spacial score (nSPS) is 15.6. The summed E-state index contributed by atoms with van der Waals surface area (Å²) >= 11 is 0. The lowest BCUT2D eigenvalue weighted by Crippen LogP contribution is -2.62. The van der Waals surface area contributed by atoms with Gasteiger partial charge in [0.25, 0.3) is 0 Å². The van der Waals surface area contributed by atoms with Crippen LogP contribution in [0.5, 0.6) is 0 Å². The van der Waals surface area contributed by atoms with Crippen LogP contribution in [0, 0.1) is 23.7 Å². The fourth-order valence-electron chi connectivity index (χ4n) is 7.54. The van der Waals surface area contributed by atoms with Gasteiger partial charge >= 0.3 is 0 Å². The number of hydrogen-bond acceptors (Lipinski definition) is 13. The van der Waals surface area contributed by atoms with Gasteiger partial charge in [-0.25, -0.2) is 0 Å². The molecule has 8 amide bonds. The molecule has 440 valence electrons. The molecule has 0 aromatic heterocycles. The summed E-state index contributed by atoms with van der Waals surface area (Å²) in [5.41, 5.74) is 55.8. The number of primary amides is 1. The molecule has 0 aliphatic heterocycles. The molecule has 0 aliphatic carbocycles. The molecular formula is C48H95N21O8. The van der Waals surface area contributed by atoms with E-state index in [0.29, 0.717) is 32.1 Å². The molecule has 0 saturated heterocycles. The first kappa shape index (κ1) is 69.8. The van der Waals surface area contributed by atoms with Crippen LogP contribution in [-0.4, -0.2) is 146 Å². The molecule has 0 unspecified atom stereocenters. The van der Waals surface area contributed by atoms with E-state index in [0.717, 1.165) is 0 Å². The monoisotopic (exact) mass is 1090 g/mol. The van der Waals surface area contributed by atoms with Crippen molar-refractivity contribution in [3.05, 3.63) is 0 Å². The second kappa shape index (κ2) is 37.5. The minimum atomic E-state index is -1.33. The number of aliphatic imine (C=N–C) groups is 4. The molecule has 0 radical (unpaired) electrons. The average Bonchev–Trinajstić information content (AvgIpc) is 3.37. The predicted molar refractivity (Wildman–Crippen MR) is 298 cm³/mol. The molecule has 0 fully saturated rings. The van der Waals surface area contributed by atoms with Crippen LogP contribution in [0.4, 0.5) is 0 Å². The molecule has 12 atom stereocenters. The third kappa shape index (κ3) is 28.0. The average molecular weight is 1090 g/mol. The maximum absolute atomic E-state index is 14.5. The van der Waals surface area contributed by atoms with Crippen LogP contribution in [0.25, 0.3) is 0 Å². The molecular weight excluding hydrogens is 999 g/mol. The van der Waals surface area contributed by atoms with Gasteiger partial charge in [-0.2, -0.15) is 0 Å². The van der Waals surface area contributed by atoms with E-state index < -0.39 is 113 Å². The first-order valence-electron chi connectivity index (χ1n) is 26.5. The minimum Gasteiger partial charge on any atom is -0.370 e. The van der Waals surface area contributed by atoms with Crippen molar-refractivity contribution in [3.63, 3.8) is 0 Å². The maximum Gasteiger partial charge on any atom is 0.243 e. The zero-order valence-corrected chi connectivity index (χ0v) is 46.6. The van der Waals surface area contributed by atoms with Gasteiger partial charge in [-0.15, -0.1) is 0 Å². The van der Waals surface area contributed by atoms with Crippen molar-refractivity contribution in [2.75, 3.05) is 26.2 Å². The summed E-state index contributed by atoms with van der Waals surface area (Å²) in [5.74, 6) is -8.30. The molecule has 27 N–H and O–H groups in total. The van der Waals surface area contributed by atoms with Gasteiger partial charge in [-0.3, -0.25) is 58.3 Å². The van der Waals surface area contributed by atoms with Crippen molar-refractivity contribution >= 4 is 71.1 Å². The maximum atomic E-state index is 14.5. The molecule has 0 saturated carbocycles. The zero-order valence-electron chi connectivity index (χ0n) is 46.6. The topological polar surface area (TPSA) is 530 Å². The van der Waals surface area contributed by atoms with Crippen molar-refractivity contribution in [2.45, 2.75) is 181 Å². The second-order valence-electron chi connectivity index (χ2n) is 19.5. The summed E-state index contributed by atoms with van der Waals surface area (Å²) in [7, 11) is 0. The summed E-state index contributed by atoms with van der Waals surface area (Å²) in [6, 6.07) is -9.56. The van der Waals surface area contributed by atoms with Crippen LogP contribution in [0.1, 0.15) is 132 Å². The summed E-state index contributed by atoms with van der Waals surface area (Å²) in [5, 5.41) is 19.1. The molecule has 0 heterocycles. The van der Waals surface area contributed by atoms with Gasteiger partial charge < -0.3 is 94.6 Å². The third-order valence-electron chi connectivity index (χ3n) is 13.3. The lowest BCUT2D eigenvalue weighted by molar-refractivity contribution is -0.137. The van der Waals surface area contributed by atoms with Crippen LogP contribution in [0.3, 0.4) is 0 Å². The van der Waals surface area contributed by atoms with E-state index in [1.807, 2.05) is 6.92 Å². The van der Waals surface area contributed by atoms with Gasteiger partial charge in [-0.1, -0.05) is 81.1 Å². The second-order valence-corrected chi connectivity index (χ2v) is 19.5. The quantitative estimate of drug-likeness (QED) is 0.0157. The molecule has 77 heavy (non-hydrogen) atoms. The summed E-state index contributed by atoms with van der Waals surface area (Å²) < 4.78 is 0. The number of nitrogens with one attached hydrogen (secondary N) is 7. The number of rotatable bonds is 39. The Hall–Kier alpha value is -7.20. The number of guanidine groups is 4. The number of carbonyl (C=O) groups excluding carboxylic acids is 8. The highest BCUT2D eigenvalue weighted by molar-refractivity contribution is 5.98. The smallest absolute Gasteiger partial charge is 0.243 e. The van der Waals surface area contributed by atoms with E-state index in [-0.39, 0.29) is 101 Å². The van der Waals surface area contributed by atoms with Gasteiger partial charge in [0.1, 0.15) is 42.3 Å². The van der Waals surface area contributed by atoms with Crippen LogP contribution in [0.2, 0.25) is 0 Å². The predicted octanol–water partition coefficient (Wildman–Crippen LogP) is -4.41. The number of nitrogens with two attached hydrogens (primary N) is 10. The number of amides is 8. The SMILES string of the molecule is CC[C@H](C)[C@H](N)C(=O)N[C@@H](CCCN=C(N)N)C(=O)N[C@H](C(=O)N[C@@H](CCCN=C(N)N)C(=O)N[C@H](C(=O)N[C@@H](CCCN=C(N)N)C(=O)N[C@H](C(=O)N[C@@H](CCCN=C(N)N)C(N)=O)[C@@H](C)CC)[C@@H](C)CC)[C@@H](C)CC. The van der Waals surface area contributed by atoms with E-state index in [2.05, 4.69) is 57.2 Å². The lowest BCUT2D eigenvalue weighted by Gasteiger charge is -2.31. The molecule has 0 aliphatic rings. The Kier molecular flexibility index (Phi) is 34.0. The van der Waals surface area contributed by atoms with Gasteiger partial charge in [0.05, 0.1) is 6.04 Å². The number of nitrogens with zero attached hydrogens (tertiary/aromatic N) is 4. The first-order valence-corrected chi connectivity index (χ1v) is 26.5. The molecule has 0 spiro atoms. The van der Waals surface area contributed by atoms with Crippen LogP contribution in [0.15, 0.2) is 20.0 Å². The Morgan fingerprint density at radius 1 is 0.338 bits per heavy atom. The fourth-order valence-corrected chi connectivity index (χ4v) is 7.54. The van der Waals surface area contributed by atoms with E-state index >= 15 is 0 Å². The van der Waals surface area contributed by atoms with Crippen molar-refractivity contribution in [2.24, 2.45) is 101 Å². The highest BCUT2D eigenvalue weighted by Crippen LogP contribution is 2.16. The Labute approximate surface area is 453 Å². The first-order chi connectivity index (χ1) is 36.1. The Morgan fingerprint density at radius 3 is 0.805 bits per heavy atom. The van der Waals surface area contributed by atoms with Gasteiger partial charge in [0.15, 0.2) is 23.8 Å². The van der Waals surface area contributed by atoms with E-state index in [4.69, 9.17) is 57.3 Å². The number of carbonyl (C=O) groups is 8. The van der Waals surface area contributed by atoms with Crippen molar-refractivity contribution in [1.29, 1.82) is 0 Å². The zero-order chi connectivity index (χ0) is 58.9. The highest BCUT2D eigenvalue weighted by Gasteiger charge is 2.37. The summed E-state index contributed by atoms with van der Waals surface area (Å²) in [6.45, 7) is 14.7.